The van der Waals surface area contributed by atoms with E-state index >= 15 is 0 Å². The first-order valence-electron chi connectivity index (χ1n) is 4.96. The van der Waals surface area contributed by atoms with Crippen LogP contribution in [-0.4, -0.2) is 45.6 Å². The number of hydrogen-bond acceptors (Lipinski definition) is 5. The molecule has 1 fully saturated rings. The fourth-order valence-electron chi connectivity index (χ4n) is 1.58. The lowest BCUT2D eigenvalue weighted by molar-refractivity contribution is -0.144. The Morgan fingerprint density at radius 2 is 2.27 bits per heavy atom. The Hall–Kier alpha value is -0.620. The van der Waals surface area contributed by atoms with Crippen molar-refractivity contribution in [2.24, 2.45) is 5.92 Å². The molecular weight excluding hydrogens is 218 g/mol. The number of esters is 1. The monoisotopic (exact) mass is 235 g/mol. The van der Waals surface area contributed by atoms with Crippen LogP contribution in [0.2, 0.25) is 0 Å². The summed E-state index contributed by atoms with van der Waals surface area (Å²) in [6.07, 6.45) is 0.635. The molecule has 0 amide bonds. The van der Waals surface area contributed by atoms with Crippen LogP contribution >= 0.6 is 0 Å². The summed E-state index contributed by atoms with van der Waals surface area (Å²) in [5, 5.41) is 3.07. The van der Waals surface area contributed by atoms with E-state index in [4.69, 9.17) is 0 Å². The first-order chi connectivity index (χ1) is 6.94. The third-order valence-electron chi connectivity index (χ3n) is 2.55. The van der Waals surface area contributed by atoms with Crippen molar-refractivity contribution in [1.82, 2.24) is 5.32 Å². The Morgan fingerprint density at radius 1 is 1.60 bits per heavy atom. The summed E-state index contributed by atoms with van der Waals surface area (Å²) >= 11 is 0. The van der Waals surface area contributed by atoms with Crippen molar-refractivity contribution in [2.45, 2.75) is 19.4 Å². The number of ether oxygens (including phenoxy) is 1. The highest BCUT2D eigenvalue weighted by Gasteiger charge is 2.28. The van der Waals surface area contributed by atoms with Gasteiger partial charge in [0.2, 0.25) is 0 Å². The van der Waals surface area contributed by atoms with Gasteiger partial charge >= 0.3 is 5.97 Å². The summed E-state index contributed by atoms with van der Waals surface area (Å²) in [6, 6.07) is -0.0119. The second-order valence-corrected chi connectivity index (χ2v) is 6.16. The molecule has 15 heavy (non-hydrogen) atoms. The van der Waals surface area contributed by atoms with Crippen LogP contribution in [0, 0.1) is 5.92 Å². The van der Waals surface area contributed by atoms with Crippen LogP contribution in [0.25, 0.3) is 0 Å². The number of hydrogen-bond donors (Lipinski definition) is 1. The molecule has 1 aliphatic heterocycles. The van der Waals surface area contributed by atoms with E-state index in [9.17, 15) is 13.2 Å². The lowest BCUT2D eigenvalue weighted by Crippen LogP contribution is -2.36. The maximum atomic E-state index is 11.1. The van der Waals surface area contributed by atoms with Crippen LogP contribution in [0.4, 0.5) is 0 Å². The van der Waals surface area contributed by atoms with Crippen molar-refractivity contribution in [1.29, 1.82) is 0 Å². The Labute approximate surface area is 90.1 Å². The maximum absolute atomic E-state index is 11.1. The zero-order chi connectivity index (χ0) is 11.5. The van der Waals surface area contributed by atoms with Crippen molar-refractivity contribution < 1.29 is 17.9 Å². The van der Waals surface area contributed by atoms with Gasteiger partial charge in [0, 0.05) is 12.6 Å². The van der Waals surface area contributed by atoms with Crippen molar-refractivity contribution in [2.75, 3.05) is 25.2 Å². The molecule has 5 nitrogen and oxygen atoms in total. The lowest BCUT2D eigenvalue weighted by Gasteiger charge is -2.14. The minimum atomic E-state index is -2.85. The third kappa shape index (κ3) is 3.79. The number of methoxy groups -OCH3 is 1. The highest BCUT2D eigenvalue weighted by Crippen LogP contribution is 2.11. The van der Waals surface area contributed by atoms with E-state index in [1.54, 1.807) is 6.92 Å². The molecule has 1 aliphatic rings. The van der Waals surface area contributed by atoms with Crippen LogP contribution in [0.1, 0.15) is 13.3 Å². The van der Waals surface area contributed by atoms with Crippen molar-refractivity contribution in [3.63, 3.8) is 0 Å². The van der Waals surface area contributed by atoms with Crippen LogP contribution < -0.4 is 5.32 Å². The normalized spacial score (nSPS) is 26.1. The number of nitrogens with one attached hydrogen (secondary N) is 1. The minimum Gasteiger partial charge on any atom is -0.469 e. The largest absolute Gasteiger partial charge is 0.469 e. The van der Waals surface area contributed by atoms with Gasteiger partial charge in [-0.2, -0.15) is 0 Å². The quantitative estimate of drug-likeness (QED) is 0.670. The molecule has 2 atom stereocenters. The predicted molar refractivity (Wildman–Crippen MR) is 56.2 cm³/mol. The van der Waals surface area contributed by atoms with E-state index in [1.807, 2.05) is 0 Å². The molecule has 0 aromatic rings. The second-order valence-electron chi connectivity index (χ2n) is 3.93. The SMILES string of the molecule is COC(=O)C(C)CNC1CCS(=O)(=O)C1. The summed E-state index contributed by atoms with van der Waals surface area (Å²) in [4.78, 5) is 11.1. The van der Waals surface area contributed by atoms with Gasteiger partial charge in [0.05, 0.1) is 24.5 Å². The minimum absolute atomic E-state index is 0.0119. The molecule has 0 aromatic heterocycles. The molecule has 1 rings (SSSR count). The molecule has 1 heterocycles. The second kappa shape index (κ2) is 4.94. The number of rotatable bonds is 4. The maximum Gasteiger partial charge on any atom is 0.309 e. The summed E-state index contributed by atoms with van der Waals surface area (Å²) < 4.78 is 26.9. The number of carbonyl (C=O) groups is 1. The fourth-order valence-corrected chi connectivity index (χ4v) is 3.29. The van der Waals surface area contributed by atoms with Crippen molar-refractivity contribution >= 4 is 15.8 Å². The summed E-state index contributed by atoms with van der Waals surface area (Å²) in [5.41, 5.74) is 0. The topological polar surface area (TPSA) is 72.5 Å². The predicted octanol–water partition coefficient (Wildman–Crippen LogP) is -0.428. The lowest BCUT2D eigenvalue weighted by atomic mass is 10.1. The highest BCUT2D eigenvalue weighted by molar-refractivity contribution is 7.91. The third-order valence-corrected chi connectivity index (χ3v) is 4.32. The Morgan fingerprint density at radius 3 is 2.73 bits per heavy atom. The van der Waals surface area contributed by atoms with Gasteiger partial charge in [-0.15, -0.1) is 0 Å². The zero-order valence-corrected chi connectivity index (χ0v) is 9.84. The molecule has 0 aliphatic carbocycles. The standard InChI is InChI=1S/C9H17NO4S/c1-7(9(11)14-2)5-10-8-3-4-15(12,13)6-8/h7-8,10H,3-6H2,1-2H3. The van der Waals surface area contributed by atoms with Crippen LogP contribution in [-0.2, 0) is 19.4 Å². The first-order valence-corrected chi connectivity index (χ1v) is 6.78. The average Bonchev–Trinajstić information content (AvgIpc) is 2.53. The number of sulfone groups is 1. The summed E-state index contributed by atoms with van der Waals surface area (Å²) in [7, 11) is -1.50. The van der Waals surface area contributed by atoms with Crippen LogP contribution in [0.3, 0.4) is 0 Å². The molecule has 0 saturated carbocycles. The van der Waals surface area contributed by atoms with Gasteiger partial charge in [-0.05, 0) is 6.42 Å². The Bertz CT molecular complexity index is 325. The van der Waals surface area contributed by atoms with Gasteiger partial charge in [0.1, 0.15) is 0 Å². The van der Waals surface area contributed by atoms with Crippen LogP contribution in [0.5, 0.6) is 0 Å². The van der Waals surface area contributed by atoms with Gasteiger partial charge in [-0.3, -0.25) is 4.79 Å². The molecule has 0 radical (unpaired) electrons. The molecule has 1 N–H and O–H groups in total. The molecule has 2 unspecified atom stereocenters. The Balaban J connectivity index is 2.30. The van der Waals surface area contributed by atoms with Gasteiger partial charge in [-0.25, -0.2) is 8.42 Å². The zero-order valence-electron chi connectivity index (χ0n) is 9.02. The molecule has 88 valence electrons. The summed E-state index contributed by atoms with van der Waals surface area (Å²) in [5.74, 6) is -0.0836. The molecule has 1 saturated heterocycles. The van der Waals surface area contributed by atoms with E-state index in [0.717, 1.165) is 0 Å². The van der Waals surface area contributed by atoms with E-state index in [0.29, 0.717) is 13.0 Å². The van der Waals surface area contributed by atoms with Gasteiger partial charge in [0.25, 0.3) is 0 Å². The van der Waals surface area contributed by atoms with E-state index < -0.39 is 9.84 Å². The summed E-state index contributed by atoms with van der Waals surface area (Å²) in [6.45, 7) is 2.22. The van der Waals surface area contributed by atoms with Crippen LogP contribution in [0.15, 0.2) is 0 Å². The van der Waals surface area contributed by atoms with E-state index in [-0.39, 0.29) is 29.4 Å². The molecule has 0 spiro atoms. The van der Waals surface area contributed by atoms with Crippen molar-refractivity contribution in [3.8, 4) is 0 Å². The van der Waals surface area contributed by atoms with Gasteiger partial charge in [0.15, 0.2) is 9.84 Å². The average molecular weight is 235 g/mol. The van der Waals surface area contributed by atoms with E-state index in [1.165, 1.54) is 7.11 Å². The molecule has 0 bridgehead atoms. The Kier molecular flexibility index (Phi) is 4.10. The number of carbonyl (C=O) groups excluding carboxylic acids is 1. The molecule has 0 aromatic carbocycles. The van der Waals surface area contributed by atoms with Gasteiger partial charge < -0.3 is 10.1 Å². The fraction of sp³-hybridized carbons (Fsp3) is 0.889. The van der Waals surface area contributed by atoms with E-state index in [2.05, 4.69) is 10.1 Å². The smallest absolute Gasteiger partial charge is 0.309 e. The molecule has 6 heteroatoms. The van der Waals surface area contributed by atoms with Crippen molar-refractivity contribution in [3.05, 3.63) is 0 Å². The molecular formula is C9H17NO4S. The highest BCUT2D eigenvalue weighted by atomic mass is 32.2. The first kappa shape index (κ1) is 12.4. The van der Waals surface area contributed by atoms with Gasteiger partial charge in [-0.1, -0.05) is 6.92 Å².